The van der Waals surface area contributed by atoms with Gasteiger partial charge in [-0.2, -0.15) is 0 Å². The molecule has 1 aliphatic rings. The molecule has 3 rings (SSSR count). The van der Waals surface area contributed by atoms with E-state index in [0.717, 1.165) is 42.1 Å². The van der Waals surface area contributed by atoms with Crippen molar-refractivity contribution in [3.63, 3.8) is 0 Å². The Morgan fingerprint density at radius 3 is 2.42 bits per heavy atom. The molecule has 2 aromatic rings. The van der Waals surface area contributed by atoms with Gasteiger partial charge in [-0.25, -0.2) is 8.42 Å². The van der Waals surface area contributed by atoms with Crippen LogP contribution in [-0.4, -0.2) is 46.8 Å². The second kappa shape index (κ2) is 9.30. The van der Waals surface area contributed by atoms with E-state index in [1.807, 2.05) is 18.2 Å². The van der Waals surface area contributed by atoms with E-state index in [9.17, 15) is 13.2 Å². The normalized spacial score (nSPS) is 13.7. The molecule has 31 heavy (non-hydrogen) atoms. The molecule has 1 heterocycles. The van der Waals surface area contributed by atoms with Crippen LogP contribution in [0, 0.1) is 0 Å². The molecule has 0 aliphatic carbocycles. The first-order valence-electron chi connectivity index (χ1n) is 10.7. The summed E-state index contributed by atoms with van der Waals surface area (Å²) in [6.45, 7) is 8.46. The van der Waals surface area contributed by atoms with Crippen LogP contribution in [0.15, 0.2) is 48.5 Å². The molecule has 1 amide bonds. The molecule has 1 N–H and O–H groups in total. The number of para-hydroxylation sites is 1. The summed E-state index contributed by atoms with van der Waals surface area (Å²) in [5, 5.41) is 2.87. The van der Waals surface area contributed by atoms with E-state index in [0.29, 0.717) is 12.2 Å². The van der Waals surface area contributed by atoms with Gasteiger partial charge < -0.3 is 10.2 Å². The average molecular weight is 444 g/mol. The van der Waals surface area contributed by atoms with Crippen LogP contribution in [0.4, 0.5) is 11.4 Å². The van der Waals surface area contributed by atoms with Gasteiger partial charge in [0.15, 0.2) is 0 Å². The summed E-state index contributed by atoms with van der Waals surface area (Å²) < 4.78 is 25.8. The van der Waals surface area contributed by atoms with Crippen molar-refractivity contribution in [2.24, 2.45) is 0 Å². The molecule has 0 atom stereocenters. The van der Waals surface area contributed by atoms with Gasteiger partial charge in [-0.15, -0.1) is 0 Å². The predicted molar refractivity (Wildman–Crippen MR) is 127 cm³/mol. The summed E-state index contributed by atoms with van der Waals surface area (Å²) in [6, 6.07) is 15.8. The fourth-order valence-corrected chi connectivity index (χ4v) is 4.71. The van der Waals surface area contributed by atoms with Crippen molar-refractivity contribution < 1.29 is 13.2 Å². The molecule has 0 radical (unpaired) electrons. The van der Waals surface area contributed by atoms with Crippen LogP contribution in [-0.2, 0) is 26.7 Å². The maximum Gasteiger partial charge on any atom is 0.240 e. The van der Waals surface area contributed by atoms with Gasteiger partial charge in [0, 0.05) is 25.3 Å². The summed E-state index contributed by atoms with van der Waals surface area (Å²) in [7, 11) is -3.57. The van der Waals surface area contributed by atoms with Crippen LogP contribution in [0.3, 0.4) is 0 Å². The number of hydrogen-bond donors (Lipinski definition) is 1. The van der Waals surface area contributed by atoms with E-state index in [-0.39, 0.29) is 17.9 Å². The van der Waals surface area contributed by atoms with E-state index >= 15 is 0 Å². The van der Waals surface area contributed by atoms with E-state index in [1.54, 1.807) is 12.1 Å². The van der Waals surface area contributed by atoms with Crippen LogP contribution in [0.5, 0.6) is 0 Å². The molecule has 0 bridgehead atoms. The number of carbonyl (C=O) groups excluding carboxylic acids is 1. The van der Waals surface area contributed by atoms with Gasteiger partial charge >= 0.3 is 0 Å². The second-order valence-corrected chi connectivity index (χ2v) is 11.0. The maximum atomic E-state index is 12.5. The zero-order chi connectivity index (χ0) is 22.6. The van der Waals surface area contributed by atoms with Gasteiger partial charge in [-0.05, 0) is 47.6 Å². The summed E-state index contributed by atoms with van der Waals surface area (Å²) >= 11 is 0. The lowest BCUT2D eigenvalue weighted by atomic mass is 9.87. The highest BCUT2D eigenvalue weighted by molar-refractivity contribution is 7.92. The van der Waals surface area contributed by atoms with Crippen LogP contribution in [0.25, 0.3) is 0 Å². The van der Waals surface area contributed by atoms with Gasteiger partial charge in [0.2, 0.25) is 15.9 Å². The largest absolute Gasteiger partial charge is 0.371 e. The fraction of sp³-hybridized carbons (Fsp3) is 0.458. The van der Waals surface area contributed by atoms with E-state index < -0.39 is 10.0 Å². The summed E-state index contributed by atoms with van der Waals surface area (Å²) in [5.74, 6) is -0.299. The lowest BCUT2D eigenvalue weighted by Gasteiger charge is -2.24. The third-order valence-electron chi connectivity index (χ3n) is 5.62. The van der Waals surface area contributed by atoms with Gasteiger partial charge in [0.1, 0.15) is 6.54 Å². The number of nitrogens with zero attached hydrogens (tertiary/aromatic N) is 2. The van der Waals surface area contributed by atoms with E-state index in [2.05, 4.69) is 49.2 Å². The molecule has 0 unspecified atom stereocenters. The van der Waals surface area contributed by atoms with Crippen molar-refractivity contribution >= 4 is 27.3 Å². The number of rotatable bonds is 8. The Hall–Kier alpha value is -2.54. The van der Waals surface area contributed by atoms with Gasteiger partial charge in [-0.1, -0.05) is 51.1 Å². The first-order chi connectivity index (χ1) is 14.6. The Balaban J connectivity index is 1.53. The number of benzene rings is 2. The number of anilines is 2. The number of sulfonamides is 1. The topological polar surface area (TPSA) is 69.7 Å². The van der Waals surface area contributed by atoms with Gasteiger partial charge in [0.25, 0.3) is 0 Å². The van der Waals surface area contributed by atoms with Crippen molar-refractivity contribution in [3.8, 4) is 0 Å². The highest BCUT2D eigenvalue weighted by Gasteiger charge is 2.22. The SMILES string of the molecule is CC(C)(C)c1ccc(N(CC(=O)NCCCN2CCc3ccccc32)S(C)(=O)=O)cc1. The van der Waals surface area contributed by atoms with Gasteiger partial charge in [0.05, 0.1) is 11.9 Å². The predicted octanol–water partition coefficient (Wildman–Crippen LogP) is 3.32. The standard InChI is InChI=1S/C24H33N3O3S/c1-24(2,3)20-10-12-21(13-11-20)27(31(4,29)30)18-23(28)25-15-7-16-26-17-14-19-8-5-6-9-22(19)26/h5-6,8-13H,7,14-18H2,1-4H3,(H,25,28). The summed E-state index contributed by atoms with van der Waals surface area (Å²) in [6.07, 6.45) is 2.99. The van der Waals surface area contributed by atoms with Crippen molar-refractivity contribution in [2.45, 2.75) is 39.0 Å². The van der Waals surface area contributed by atoms with Crippen LogP contribution in [0.2, 0.25) is 0 Å². The highest BCUT2D eigenvalue weighted by Crippen LogP contribution is 2.27. The zero-order valence-corrected chi connectivity index (χ0v) is 19.7. The second-order valence-electron chi connectivity index (χ2n) is 9.14. The fourth-order valence-electron chi connectivity index (χ4n) is 3.85. The maximum absolute atomic E-state index is 12.5. The summed E-state index contributed by atoms with van der Waals surface area (Å²) in [5.41, 5.74) is 4.22. The minimum Gasteiger partial charge on any atom is -0.371 e. The zero-order valence-electron chi connectivity index (χ0n) is 18.9. The number of fused-ring (bicyclic) bond motifs is 1. The third kappa shape index (κ3) is 6.00. The Morgan fingerprint density at radius 1 is 1.10 bits per heavy atom. The van der Waals surface area contributed by atoms with Crippen LogP contribution in [0.1, 0.15) is 38.3 Å². The van der Waals surface area contributed by atoms with Crippen molar-refractivity contribution in [1.82, 2.24) is 5.32 Å². The lowest BCUT2D eigenvalue weighted by Crippen LogP contribution is -2.41. The third-order valence-corrected chi connectivity index (χ3v) is 6.76. The molecule has 0 saturated heterocycles. The Labute approximate surface area is 186 Å². The first kappa shape index (κ1) is 23.1. The Kier molecular flexibility index (Phi) is 6.94. The van der Waals surface area contributed by atoms with Gasteiger partial charge in [-0.3, -0.25) is 9.10 Å². The summed E-state index contributed by atoms with van der Waals surface area (Å²) in [4.78, 5) is 14.8. The smallest absolute Gasteiger partial charge is 0.240 e. The van der Waals surface area contributed by atoms with Crippen molar-refractivity contribution in [1.29, 1.82) is 0 Å². The molecule has 6 nitrogen and oxygen atoms in total. The first-order valence-corrected chi connectivity index (χ1v) is 12.6. The minimum absolute atomic E-state index is 0.0261. The van der Waals surface area contributed by atoms with E-state index in [1.165, 1.54) is 11.3 Å². The molecule has 0 fully saturated rings. The molecule has 2 aromatic carbocycles. The number of carbonyl (C=O) groups is 1. The Morgan fingerprint density at radius 2 is 1.77 bits per heavy atom. The van der Waals surface area contributed by atoms with Crippen molar-refractivity contribution in [3.05, 3.63) is 59.7 Å². The van der Waals surface area contributed by atoms with Crippen LogP contribution >= 0.6 is 0 Å². The molecule has 0 aromatic heterocycles. The highest BCUT2D eigenvalue weighted by atomic mass is 32.2. The average Bonchev–Trinajstić information content (AvgIpc) is 3.11. The number of hydrogen-bond acceptors (Lipinski definition) is 4. The molecule has 7 heteroatoms. The Bertz CT molecular complexity index is 1010. The monoisotopic (exact) mass is 443 g/mol. The number of nitrogens with one attached hydrogen (secondary N) is 1. The van der Waals surface area contributed by atoms with Crippen molar-refractivity contribution in [2.75, 3.05) is 41.6 Å². The molecule has 0 spiro atoms. The minimum atomic E-state index is -3.57. The molecular formula is C24H33N3O3S. The quantitative estimate of drug-likeness (QED) is 0.636. The molecule has 0 saturated carbocycles. The molecule has 1 aliphatic heterocycles. The van der Waals surface area contributed by atoms with Crippen LogP contribution < -0.4 is 14.5 Å². The molecule has 168 valence electrons. The lowest BCUT2D eigenvalue weighted by molar-refractivity contribution is -0.119. The molecular weight excluding hydrogens is 410 g/mol. The van der Waals surface area contributed by atoms with E-state index in [4.69, 9.17) is 0 Å². The number of amides is 1.